The normalized spacial score (nSPS) is 19.6. The molecule has 3 nitrogen and oxygen atoms in total. The van der Waals surface area contributed by atoms with E-state index in [1.807, 2.05) is 17.9 Å². The van der Waals surface area contributed by atoms with Crippen molar-refractivity contribution >= 4 is 5.91 Å². The zero-order chi connectivity index (χ0) is 16.8. The van der Waals surface area contributed by atoms with Gasteiger partial charge in [0.25, 0.3) is 5.91 Å². The summed E-state index contributed by atoms with van der Waals surface area (Å²) in [7, 11) is 0. The fourth-order valence-electron chi connectivity index (χ4n) is 3.17. The molecule has 126 valence electrons. The van der Waals surface area contributed by atoms with E-state index in [9.17, 15) is 4.79 Å². The van der Waals surface area contributed by atoms with E-state index in [4.69, 9.17) is 0 Å². The van der Waals surface area contributed by atoms with E-state index in [1.165, 1.54) is 17.6 Å². The van der Waals surface area contributed by atoms with Gasteiger partial charge in [-0.1, -0.05) is 43.7 Å². The lowest BCUT2D eigenvalue weighted by Crippen LogP contribution is -2.49. The monoisotopic (exact) mass is 314 g/mol. The quantitative estimate of drug-likeness (QED) is 0.738. The second-order valence-electron chi connectivity index (χ2n) is 6.60. The summed E-state index contributed by atoms with van der Waals surface area (Å²) in [6.45, 7) is 9.36. The maximum atomic E-state index is 12.6. The van der Waals surface area contributed by atoms with Crippen LogP contribution < -0.4 is 5.32 Å². The minimum Gasteiger partial charge on any atom is -0.317 e. The highest BCUT2D eigenvalue weighted by atomic mass is 16.2. The van der Waals surface area contributed by atoms with E-state index in [0.29, 0.717) is 0 Å². The van der Waals surface area contributed by atoms with Gasteiger partial charge in [-0.3, -0.25) is 10.1 Å². The maximum Gasteiger partial charge on any atom is 0.251 e. The van der Waals surface area contributed by atoms with Crippen LogP contribution in [0.25, 0.3) is 0 Å². The van der Waals surface area contributed by atoms with Crippen molar-refractivity contribution in [2.24, 2.45) is 0 Å². The zero-order valence-corrected chi connectivity index (χ0v) is 14.9. The van der Waals surface area contributed by atoms with Crippen LogP contribution >= 0.6 is 0 Å². The number of rotatable bonds is 8. The fraction of sp³-hybridized carbons (Fsp3) is 0.550. The molecule has 0 aromatic heterocycles. The minimum absolute atomic E-state index is 0.0693. The molecule has 1 aliphatic heterocycles. The van der Waals surface area contributed by atoms with Gasteiger partial charge in [0.15, 0.2) is 0 Å². The predicted molar refractivity (Wildman–Crippen MR) is 96.1 cm³/mol. The van der Waals surface area contributed by atoms with Crippen LogP contribution in [0.3, 0.4) is 0 Å². The molecule has 0 bridgehead atoms. The molecule has 1 heterocycles. The van der Waals surface area contributed by atoms with Crippen LogP contribution in [0.2, 0.25) is 0 Å². The van der Waals surface area contributed by atoms with Crippen LogP contribution in [-0.4, -0.2) is 29.6 Å². The molecule has 2 rings (SSSR count). The Morgan fingerprint density at radius 2 is 1.91 bits per heavy atom. The molecule has 3 heteroatoms. The first-order chi connectivity index (χ1) is 11.1. The first kappa shape index (κ1) is 17.7. The average molecular weight is 314 g/mol. The summed E-state index contributed by atoms with van der Waals surface area (Å²) in [6.07, 6.45) is 4.37. The number of amides is 1. The number of carbonyl (C=O) groups is 1. The molecule has 1 aliphatic rings. The Hall–Kier alpha value is -1.61. The van der Waals surface area contributed by atoms with E-state index in [2.05, 4.69) is 50.4 Å². The van der Waals surface area contributed by atoms with Gasteiger partial charge in [-0.2, -0.15) is 0 Å². The molecule has 23 heavy (non-hydrogen) atoms. The first-order valence-corrected chi connectivity index (χ1v) is 8.83. The van der Waals surface area contributed by atoms with Gasteiger partial charge in [0.1, 0.15) is 6.17 Å². The van der Waals surface area contributed by atoms with Gasteiger partial charge >= 0.3 is 0 Å². The number of aryl methyl sites for hydroxylation is 1. The summed E-state index contributed by atoms with van der Waals surface area (Å²) in [4.78, 5) is 14.7. The summed E-state index contributed by atoms with van der Waals surface area (Å²) in [5.41, 5.74) is 3.42. The number of nitrogens with zero attached hydrogens (tertiary/aromatic N) is 1. The largest absolute Gasteiger partial charge is 0.317 e. The SMILES string of the molecule is CCCCN[C@@H]1C(C)=C(C)C(=O)N1[C@H](C)CCc1ccccc1. The Kier molecular flexibility index (Phi) is 6.40. The topological polar surface area (TPSA) is 32.3 Å². The molecule has 0 saturated carbocycles. The van der Waals surface area contributed by atoms with Crippen molar-refractivity contribution in [3.05, 3.63) is 47.0 Å². The highest BCUT2D eigenvalue weighted by molar-refractivity contribution is 5.97. The number of carbonyl (C=O) groups excluding carboxylic acids is 1. The van der Waals surface area contributed by atoms with Gasteiger partial charge in [0.2, 0.25) is 0 Å². The number of hydrogen-bond donors (Lipinski definition) is 1. The van der Waals surface area contributed by atoms with Crippen LogP contribution in [0, 0.1) is 0 Å². The first-order valence-electron chi connectivity index (χ1n) is 8.83. The third-order valence-electron chi connectivity index (χ3n) is 4.87. The highest BCUT2D eigenvalue weighted by Gasteiger charge is 2.36. The van der Waals surface area contributed by atoms with Crippen LogP contribution in [-0.2, 0) is 11.2 Å². The predicted octanol–water partition coefficient (Wildman–Crippen LogP) is 3.90. The lowest BCUT2D eigenvalue weighted by atomic mass is 10.0. The van der Waals surface area contributed by atoms with Crippen molar-refractivity contribution in [2.45, 2.75) is 65.6 Å². The van der Waals surface area contributed by atoms with E-state index >= 15 is 0 Å². The van der Waals surface area contributed by atoms with Gasteiger partial charge in [0.05, 0.1) is 0 Å². The smallest absolute Gasteiger partial charge is 0.251 e. The van der Waals surface area contributed by atoms with Crippen molar-refractivity contribution in [1.29, 1.82) is 0 Å². The molecule has 0 radical (unpaired) electrons. The lowest BCUT2D eigenvalue weighted by Gasteiger charge is -2.33. The Bertz CT molecular complexity index is 550. The molecule has 2 atom stereocenters. The van der Waals surface area contributed by atoms with E-state index in [1.54, 1.807) is 0 Å². The number of benzene rings is 1. The summed E-state index contributed by atoms with van der Waals surface area (Å²) in [5, 5.41) is 3.57. The molecule has 0 spiro atoms. The molecular formula is C20H30N2O. The molecule has 0 aliphatic carbocycles. The second-order valence-corrected chi connectivity index (χ2v) is 6.60. The van der Waals surface area contributed by atoms with Crippen LogP contribution in [0.1, 0.15) is 52.5 Å². The van der Waals surface area contributed by atoms with Crippen LogP contribution in [0.5, 0.6) is 0 Å². The number of unbranched alkanes of at least 4 members (excludes halogenated alkanes) is 1. The van der Waals surface area contributed by atoms with Gasteiger partial charge in [-0.25, -0.2) is 0 Å². The van der Waals surface area contributed by atoms with Gasteiger partial charge in [-0.05, 0) is 57.7 Å². The van der Waals surface area contributed by atoms with E-state index in [0.717, 1.165) is 31.4 Å². The van der Waals surface area contributed by atoms with E-state index < -0.39 is 0 Å². The van der Waals surface area contributed by atoms with Gasteiger partial charge in [-0.15, -0.1) is 0 Å². The molecule has 1 amide bonds. The zero-order valence-electron chi connectivity index (χ0n) is 14.9. The van der Waals surface area contributed by atoms with Gasteiger partial charge < -0.3 is 4.90 Å². The third kappa shape index (κ3) is 4.23. The van der Waals surface area contributed by atoms with Gasteiger partial charge in [0, 0.05) is 11.6 Å². The summed E-state index contributed by atoms with van der Waals surface area (Å²) < 4.78 is 0. The average Bonchev–Trinajstić information content (AvgIpc) is 2.78. The number of hydrogen-bond acceptors (Lipinski definition) is 2. The molecule has 1 aromatic carbocycles. The number of nitrogens with one attached hydrogen (secondary N) is 1. The van der Waals surface area contributed by atoms with Crippen molar-refractivity contribution in [3.8, 4) is 0 Å². The van der Waals surface area contributed by atoms with Crippen molar-refractivity contribution < 1.29 is 4.79 Å². The molecule has 0 fully saturated rings. The third-order valence-corrected chi connectivity index (χ3v) is 4.87. The fourth-order valence-corrected chi connectivity index (χ4v) is 3.17. The second kappa shape index (κ2) is 8.30. The molecular weight excluding hydrogens is 284 g/mol. The van der Waals surface area contributed by atoms with Crippen LogP contribution in [0.15, 0.2) is 41.5 Å². The molecule has 0 unspecified atom stereocenters. The Balaban J connectivity index is 2.01. The lowest BCUT2D eigenvalue weighted by molar-refractivity contribution is -0.129. The Labute approximate surface area is 140 Å². The van der Waals surface area contributed by atoms with Crippen molar-refractivity contribution in [1.82, 2.24) is 10.2 Å². The van der Waals surface area contributed by atoms with E-state index in [-0.39, 0.29) is 18.1 Å². The van der Waals surface area contributed by atoms with Crippen molar-refractivity contribution in [3.63, 3.8) is 0 Å². The standard InChI is InChI=1S/C20H30N2O/c1-5-6-14-21-19-16(3)17(4)20(23)22(19)15(2)12-13-18-10-8-7-9-11-18/h7-11,15,19,21H,5-6,12-14H2,1-4H3/t15-,19+/m1/s1. The Morgan fingerprint density at radius 3 is 2.57 bits per heavy atom. The highest BCUT2D eigenvalue weighted by Crippen LogP contribution is 2.27. The minimum atomic E-state index is 0.0693. The molecule has 1 aromatic rings. The summed E-state index contributed by atoms with van der Waals surface area (Å²) >= 11 is 0. The molecule has 1 N–H and O–H groups in total. The Morgan fingerprint density at radius 1 is 1.22 bits per heavy atom. The van der Waals surface area contributed by atoms with Crippen molar-refractivity contribution in [2.75, 3.05) is 6.54 Å². The van der Waals surface area contributed by atoms with Crippen LogP contribution in [0.4, 0.5) is 0 Å². The molecule has 0 saturated heterocycles. The maximum absolute atomic E-state index is 12.6. The summed E-state index contributed by atoms with van der Waals surface area (Å²) in [5.74, 6) is 0.192. The summed E-state index contributed by atoms with van der Waals surface area (Å²) in [6, 6.07) is 10.7.